The number of carbonyl (C=O) groups is 1. The second-order valence-electron chi connectivity index (χ2n) is 4.56. The normalized spacial score (nSPS) is 10.4. The molecule has 2 aromatic rings. The van der Waals surface area contributed by atoms with Crippen molar-refractivity contribution in [1.82, 2.24) is 4.57 Å². The number of nitro groups is 1. The number of aromatic nitrogens is 1. The standard InChI is InChI=1S/C14H14BrN3O3/c1-3-17-8-10(18(20)21)7-13(17)14(19)16-12-5-4-9(2)6-11(12)15/h4-8H,3H2,1-2H3,(H,16,19). The number of benzene rings is 1. The number of amides is 1. The lowest BCUT2D eigenvalue weighted by Crippen LogP contribution is -2.16. The number of hydrogen-bond donors (Lipinski definition) is 1. The van der Waals surface area contributed by atoms with Crippen LogP contribution in [0.15, 0.2) is 34.9 Å². The molecule has 0 aliphatic carbocycles. The van der Waals surface area contributed by atoms with Crippen molar-refractivity contribution in [3.63, 3.8) is 0 Å². The number of halogens is 1. The average Bonchev–Trinajstić information content (AvgIpc) is 2.86. The van der Waals surface area contributed by atoms with E-state index >= 15 is 0 Å². The Bertz CT molecular complexity index is 709. The monoisotopic (exact) mass is 351 g/mol. The van der Waals surface area contributed by atoms with Crippen LogP contribution in [0.1, 0.15) is 23.0 Å². The highest BCUT2D eigenvalue weighted by Crippen LogP contribution is 2.25. The first kappa shape index (κ1) is 15.2. The lowest BCUT2D eigenvalue weighted by molar-refractivity contribution is -0.384. The van der Waals surface area contributed by atoms with Crippen LogP contribution in [0.25, 0.3) is 0 Å². The van der Waals surface area contributed by atoms with Gasteiger partial charge in [0.1, 0.15) is 5.69 Å². The maximum absolute atomic E-state index is 12.3. The molecule has 1 N–H and O–H groups in total. The summed E-state index contributed by atoms with van der Waals surface area (Å²) in [7, 11) is 0. The first-order chi connectivity index (χ1) is 9.92. The molecule has 0 aliphatic rings. The van der Waals surface area contributed by atoms with E-state index in [2.05, 4.69) is 21.2 Å². The van der Waals surface area contributed by atoms with Gasteiger partial charge in [-0.15, -0.1) is 0 Å². The third-order valence-electron chi connectivity index (χ3n) is 3.04. The van der Waals surface area contributed by atoms with E-state index in [0.29, 0.717) is 12.2 Å². The van der Waals surface area contributed by atoms with E-state index in [1.165, 1.54) is 12.3 Å². The van der Waals surface area contributed by atoms with Crippen molar-refractivity contribution in [2.24, 2.45) is 0 Å². The topological polar surface area (TPSA) is 77.2 Å². The van der Waals surface area contributed by atoms with E-state index < -0.39 is 4.92 Å². The Hall–Kier alpha value is -2.15. The van der Waals surface area contributed by atoms with Crippen LogP contribution in [0.4, 0.5) is 11.4 Å². The first-order valence-corrected chi connectivity index (χ1v) is 7.13. The smallest absolute Gasteiger partial charge is 0.287 e. The minimum atomic E-state index is -0.509. The molecule has 6 nitrogen and oxygen atoms in total. The summed E-state index contributed by atoms with van der Waals surface area (Å²) in [5, 5.41) is 13.6. The van der Waals surface area contributed by atoms with Crippen LogP contribution in [-0.2, 0) is 6.54 Å². The van der Waals surface area contributed by atoms with Crippen molar-refractivity contribution in [1.29, 1.82) is 0 Å². The molecule has 1 heterocycles. The summed E-state index contributed by atoms with van der Waals surface area (Å²) in [4.78, 5) is 22.6. The number of aryl methyl sites for hydroxylation is 2. The summed E-state index contributed by atoms with van der Waals surface area (Å²) in [6.07, 6.45) is 1.36. The van der Waals surface area contributed by atoms with E-state index in [0.717, 1.165) is 10.0 Å². The van der Waals surface area contributed by atoms with Gasteiger partial charge < -0.3 is 9.88 Å². The molecule has 1 amide bonds. The fourth-order valence-corrected chi connectivity index (χ4v) is 2.55. The quantitative estimate of drug-likeness (QED) is 0.673. The van der Waals surface area contributed by atoms with E-state index in [4.69, 9.17) is 0 Å². The van der Waals surface area contributed by atoms with Crippen LogP contribution in [0.3, 0.4) is 0 Å². The summed E-state index contributed by atoms with van der Waals surface area (Å²) < 4.78 is 2.31. The van der Waals surface area contributed by atoms with Gasteiger partial charge in [0.2, 0.25) is 0 Å². The number of anilines is 1. The zero-order chi connectivity index (χ0) is 15.6. The minimum Gasteiger partial charge on any atom is -0.337 e. The Labute approximate surface area is 130 Å². The van der Waals surface area contributed by atoms with E-state index in [9.17, 15) is 14.9 Å². The predicted molar refractivity (Wildman–Crippen MR) is 83.6 cm³/mol. The maximum atomic E-state index is 12.3. The highest BCUT2D eigenvalue weighted by atomic mass is 79.9. The van der Waals surface area contributed by atoms with E-state index in [-0.39, 0.29) is 17.3 Å². The molecule has 0 unspecified atom stereocenters. The van der Waals surface area contributed by atoms with Gasteiger partial charge in [0.05, 0.1) is 16.8 Å². The molecule has 1 aromatic heterocycles. The Kier molecular flexibility index (Phi) is 4.42. The van der Waals surface area contributed by atoms with Gasteiger partial charge in [-0.2, -0.15) is 0 Å². The Morgan fingerprint density at radius 2 is 2.14 bits per heavy atom. The van der Waals surface area contributed by atoms with Crippen LogP contribution >= 0.6 is 15.9 Å². The van der Waals surface area contributed by atoms with Crippen molar-refractivity contribution < 1.29 is 9.72 Å². The summed E-state index contributed by atoms with van der Waals surface area (Å²) in [6, 6.07) is 6.82. The molecule has 0 saturated heterocycles. The summed E-state index contributed by atoms with van der Waals surface area (Å²) in [5.74, 6) is -0.380. The number of rotatable bonds is 4. The molecule has 0 fully saturated rings. The van der Waals surface area contributed by atoms with Crippen LogP contribution in [0.5, 0.6) is 0 Å². The fourth-order valence-electron chi connectivity index (χ4n) is 1.95. The molecule has 110 valence electrons. The second-order valence-corrected chi connectivity index (χ2v) is 5.42. The average molecular weight is 352 g/mol. The highest BCUT2D eigenvalue weighted by molar-refractivity contribution is 9.10. The largest absolute Gasteiger partial charge is 0.337 e. The van der Waals surface area contributed by atoms with Crippen molar-refractivity contribution in [2.45, 2.75) is 20.4 Å². The molecule has 2 rings (SSSR count). The number of carbonyl (C=O) groups excluding carboxylic acids is 1. The van der Waals surface area contributed by atoms with Gasteiger partial charge >= 0.3 is 0 Å². The maximum Gasteiger partial charge on any atom is 0.287 e. The highest BCUT2D eigenvalue weighted by Gasteiger charge is 2.19. The molecule has 0 radical (unpaired) electrons. The zero-order valence-electron chi connectivity index (χ0n) is 11.6. The Morgan fingerprint density at radius 3 is 2.71 bits per heavy atom. The lowest BCUT2D eigenvalue weighted by atomic mass is 10.2. The third kappa shape index (κ3) is 3.30. The predicted octanol–water partition coefficient (Wildman–Crippen LogP) is 3.74. The molecule has 21 heavy (non-hydrogen) atoms. The minimum absolute atomic E-state index is 0.0926. The van der Waals surface area contributed by atoms with Crippen LogP contribution in [0.2, 0.25) is 0 Å². The molecular formula is C14H14BrN3O3. The zero-order valence-corrected chi connectivity index (χ0v) is 13.2. The second kappa shape index (κ2) is 6.09. The van der Waals surface area contributed by atoms with Gasteiger partial charge in [0, 0.05) is 17.1 Å². The van der Waals surface area contributed by atoms with Gasteiger partial charge in [0.15, 0.2) is 0 Å². The Morgan fingerprint density at radius 1 is 1.43 bits per heavy atom. The molecule has 0 spiro atoms. The fraction of sp³-hybridized carbons (Fsp3) is 0.214. The van der Waals surface area contributed by atoms with Crippen molar-refractivity contribution in [2.75, 3.05) is 5.32 Å². The molecular weight excluding hydrogens is 338 g/mol. The molecule has 1 aromatic carbocycles. The molecule has 7 heteroatoms. The van der Waals surface area contributed by atoms with Crippen molar-refractivity contribution in [3.8, 4) is 0 Å². The number of nitrogens with zero attached hydrogens (tertiary/aromatic N) is 2. The van der Waals surface area contributed by atoms with Crippen molar-refractivity contribution >= 4 is 33.2 Å². The van der Waals surface area contributed by atoms with Crippen LogP contribution in [0, 0.1) is 17.0 Å². The molecule has 0 atom stereocenters. The van der Waals surface area contributed by atoms with Gasteiger partial charge in [0.25, 0.3) is 11.6 Å². The van der Waals surface area contributed by atoms with Crippen LogP contribution < -0.4 is 5.32 Å². The lowest BCUT2D eigenvalue weighted by Gasteiger charge is -2.09. The van der Waals surface area contributed by atoms with Gasteiger partial charge in [-0.3, -0.25) is 14.9 Å². The van der Waals surface area contributed by atoms with Gasteiger partial charge in [-0.1, -0.05) is 6.07 Å². The molecule has 0 saturated carbocycles. The third-order valence-corrected chi connectivity index (χ3v) is 3.70. The first-order valence-electron chi connectivity index (χ1n) is 6.34. The molecule has 0 bridgehead atoms. The molecule has 0 aliphatic heterocycles. The number of nitrogens with one attached hydrogen (secondary N) is 1. The van der Waals surface area contributed by atoms with Crippen LogP contribution in [-0.4, -0.2) is 15.4 Å². The Balaban J connectivity index is 2.29. The van der Waals surface area contributed by atoms with E-state index in [1.54, 1.807) is 10.6 Å². The number of hydrogen-bond acceptors (Lipinski definition) is 3. The summed E-state index contributed by atoms with van der Waals surface area (Å²) in [5.41, 5.74) is 1.85. The summed E-state index contributed by atoms with van der Waals surface area (Å²) in [6.45, 7) is 4.25. The summed E-state index contributed by atoms with van der Waals surface area (Å²) >= 11 is 3.38. The van der Waals surface area contributed by atoms with Gasteiger partial charge in [-0.05, 0) is 47.5 Å². The SMILES string of the molecule is CCn1cc([N+](=O)[O-])cc1C(=O)Nc1ccc(C)cc1Br. The van der Waals surface area contributed by atoms with Gasteiger partial charge in [-0.25, -0.2) is 0 Å². The van der Waals surface area contributed by atoms with E-state index in [1.807, 2.05) is 26.0 Å². The van der Waals surface area contributed by atoms with Crippen molar-refractivity contribution in [3.05, 3.63) is 56.3 Å².